The van der Waals surface area contributed by atoms with E-state index in [4.69, 9.17) is 4.74 Å². The summed E-state index contributed by atoms with van der Waals surface area (Å²) in [6, 6.07) is -1.50. The smallest absolute Gasteiger partial charge is 0.328 e. The normalized spacial score (nSPS) is 31.2. The Morgan fingerprint density at radius 1 is 1.46 bits per heavy atom. The molecule has 2 saturated heterocycles. The third-order valence-electron chi connectivity index (χ3n) is 4.65. The molecule has 1 unspecified atom stereocenters. The molecule has 3 rings (SSSR count). The van der Waals surface area contributed by atoms with E-state index in [-0.39, 0.29) is 6.42 Å². The Labute approximate surface area is 161 Å². The Kier molecular flexibility index (Phi) is 4.43. The van der Waals surface area contributed by atoms with Crippen LogP contribution in [-0.4, -0.2) is 68.3 Å². The van der Waals surface area contributed by atoms with Crippen LogP contribution in [0.15, 0.2) is 11.6 Å². The average molecular weight is 467 g/mol. The molecule has 1 amide bonds. The summed E-state index contributed by atoms with van der Waals surface area (Å²) in [5, 5.41) is 10.2. The zero-order valence-corrected chi connectivity index (χ0v) is 16.9. The highest BCUT2D eigenvalue weighted by Gasteiger charge is 2.78. The molecule has 2 aliphatic heterocycles. The number of alkyl halides is 1. The monoisotopic (exact) mass is 466 g/mol. The van der Waals surface area contributed by atoms with Crippen molar-refractivity contribution in [1.29, 1.82) is 0 Å². The number of hydrogen-bond acceptors (Lipinski definition) is 8. The summed E-state index contributed by atoms with van der Waals surface area (Å²) in [6.45, 7) is 2.03. The average Bonchev–Trinajstić information content (AvgIpc) is 3.08. The maximum absolute atomic E-state index is 12.8. The second-order valence-corrected chi connectivity index (χ2v) is 11.6. The van der Waals surface area contributed by atoms with Crippen molar-refractivity contribution in [3.63, 3.8) is 0 Å². The highest BCUT2D eigenvalue weighted by atomic mass is 79.9. The molecule has 0 spiro atoms. The van der Waals surface area contributed by atoms with Crippen LogP contribution in [0.25, 0.3) is 0 Å². The van der Waals surface area contributed by atoms with Gasteiger partial charge >= 0.3 is 11.9 Å². The maximum atomic E-state index is 12.8. The number of rotatable bonds is 5. The van der Waals surface area contributed by atoms with Gasteiger partial charge < -0.3 is 14.7 Å². The fourth-order valence-corrected chi connectivity index (χ4v) is 7.41. The van der Waals surface area contributed by atoms with Crippen molar-refractivity contribution in [2.75, 3.05) is 6.61 Å². The van der Waals surface area contributed by atoms with Gasteiger partial charge in [-0.2, -0.15) is 0 Å². The first kappa shape index (κ1) is 19.2. The number of fused-ring (bicyclic) bond motifs is 1. The molecule has 0 aliphatic carbocycles. The van der Waals surface area contributed by atoms with Gasteiger partial charge in [0.15, 0.2) is 19.5 Å². The summed E-state index contributed by atoms with van der Waals surface area (Å²) in [5.41, 5.74) is 0. The lowest BCUT2D eigenvalue weighted by atomic mass is 9.92. The van der Waals surface area contributed by atoms with Gasteiger partial charge in [0.25, 0.3) is 0 Å². The van der Waals surface area contributed by atoms with E-state index < -0.39 is 54.8 Å². The standard InChI is InChI=1S/C14H15BrN2O7S2/c1-13(2)9(10(19)20)17-11(21)14(15,12(17)26(13,22)23)6-24-8(18)5-7-16-3-4-25-7/h3-4,9,12H,5-6H2,1-2H3,(H,19,20)/t9-,12+,14?/m0/s1. The van der Waals surface area contributed by atoms with Crippen LogP contribution in [0.4, 0.5) is 0 Å². The summed E-state index contributed by atoms with van der Waals surface area (Å²) in [4.78, 5) is 40.8. The number of sulfone groups is 1. The van der Waals surface area contributed by atoms with Gasteiger partial charge in [-0.25, -0.2) is 18.2 Å². The number of aliphatic carboxylic acids is 1. The van der Waals surface area contributed by atoms with Gasteiger partial charge in [0.1, 0.15) is 22.4 Å². The molecule has 2 fully saturated rings. The number of carboxylic acids is 1. The fraction of sp³-hybridized carbons (Fsp3) is 0.571. The molecule has 0 radical (unpaired) electrons. The van der Waals surface area contributed by atoms with Crippen LogP contribution in [-0.2, 0) is 35.4 Å². The van der Waals surface area contributed by atoms with Crippen molar-refractivity contribution >= 4 is 54.9 Å². The molecule has 1 aromatic heterocycles. The van der Waals surface area contributed by atoms with E-state index in [1.807, 2.05) is 0 Å². The summed E-state index contributed by atoms with van der Waals surface area (Å²) in [6.07, 6.45) is 1.44. The predicted octanol–water partition coefficient (Wildman–Crippen LogP) is 0.191. The van der Waals surface area contributed by atoms with Crippen LogP contribution in [0, 0.1) is 0 Å². The lowest BCUT2D eigenvalue weighted by Crippen LogP contribution is -2.74. The number of ether oxygens (including phenoxy) is 1. The van der Waals surface area contributed by atoms with Crippen molar-refractivity contribution in [3.05, 3.63) is 16.6 Å². The van der Waals surface area contributed by atoms with Crippen LogP contribution in [0.5, 0.6) is 0 Å². The minimum absolute atomic E-state index is 0.0979. The van der Waals surface area contributed by atoms with Crippen molar-refractivity contribution in [3.8, 4) is 0 Å². The number of carbonyl (C=O) groups is 3. The number of nitrogens with zero attached hydrogens (tertiary/aromatic N) is 2. The summed E-state index contributed by atoms with van der Waals surface area (Å²) in [5.74, 6) is -2.79. The first-order valence-electron chi connectivity index (χ1n) is 7.46. The molecular weight excluding hydrogens is 452 g/mol. The molecule has 142 valence electrons. The van der Waals surface area contributed by atoms with Gasteiger partial charge in [-0.1, -0.05) is 15.9 Å². The molecule has 0 saturated carbocycles. The van der Waals surface area contributed by atoms with Crippen molar-refractivity contribution < 1.29 is 32.6 Å². The van der Waals surface area contributed by atoms with Gasteiger partial charge in [0.2, 0.25) is 5.91 Å². The number of aromatic nitrogens is 1. The minimum Gasteiger partial charge on any atom is -0.480 e. The second kappa shape index (κ2) is 5.99. The largest absolute Gasteiger partial charge is 0.480 e. The number of carboxylic acid groups (broad SMARTS) is 1. The number of thiazole rings is 1. The van der Waals surface area contributed by atoms with Gasteiger partial charge in [-0.15, -0.1) is 11.3 Å². The number of esters is 1. The van der Waals surface area contributed by atoms with E-state index in [1.165, 1.54) is 31.4 Å². The number of halogens is 1. The molecule has 2 aliphatic rings. The SMILES string of the molecule is CC1(C)[C@H](C(=O)O)N2C(=O)C(Br)(COC(=O)Cc3nccs3)[C@H]2S1(=O)=O. The molecule has 26 heavy (non-hydrogen) atoms. The molecule has 3 atom stereocenters. The van der Waals surface area contributed by atoms with E-state index >= 15 is 0 Å². The van der Waals surface area contributed by atoms with Crippen molar-refractivity contribution in [1.82, 2.24) is 9.88 Å². The van der Waals surface area contributed by atoms with Crippen LogP contribution in [0.2, 0.25) is 0 Å². The summed E-state index contributed by atoms with van der Waals surface area (Å²) in [7, 11) is -4.02. The van der Waals surface area contributed by atoms with Crippen LogP contribution >= 0.6 is 27.3 Å². The van der Waals surface area contributed by atoms with Crippen LogP contribution in [0.1, 0.15) is 18.9 Å². The highest BCUT2D eigenvalue weighted by Crippen LogP contribution is 2.54. The summed E-state index contributed by atoms with van der Waals surface area (Å²) >= 11 is 4.36. The first-order valence-corrected chi connectivity index (χ1v) is 10.7. The number of β-lactam (4-membered cyclic amide) rings is 1. The third kappa shape index (κ3) is 2.49. The van der Waals surface area contributed by atoms with Gasteiger partial charge in [-0.3, -0.25) is 9.59 Å². The second-order valence-electron chi connectivity index (χ2n) is 6.58. The predicted molar refractivity (Wildman–Crippen MR) is 93.5 cm³/mol. The number of carbonyl (C=O) groups excluding carboxylic acids is 2. The molecule has 3 heterocycles. The lowest BCUT2D eigenvalue weighted by Gasteiger charge is -2.48. The Balaban J connectivity index is 1.80. The Bertz CT molecular complexity index is 883. The van der Waals surface area contributed by atoms with Crippen molar-refractivity contribution in [2.24, 2.45) is 0 Å². The quantitative estimate of drug-likeness (QED) is 0.369. The van der Waals surface area contributed by atoms with E-state index in [0.29, 0.717) is 5.01 Å². The van der Waals surface area contributed by atoms with Crippen LogP contribution in [0.3, 0.4) is 0 Å². The Hall–Kier alpha value is -1.53. The van der Waals surface area contributed by atoms with E-state index in [9.17, 15) is 27.9 Å². The number of amides is 1. The fourth-order valence-electron chi connectivity index (χ4n) is 3.26. The Morgan fingerprint density at radius 3 is 2.65 bits per heavy atom. The zero-order valence-electron chi connectivity index (χ0n) is 13.7. The molecule has 1 N–H and O–H groups in total. The van der Waals surface area contributed by atoms with E-state index in [0.717, 1.165) is 4.90 Å². The Morgan fingerprint density at radius 2 is 2.12 bits per heavy atom. The summed E-state index contributed by atoms with van der Waals surface area (Å²) < 4.78 is 27.4. The van der Waals surface area contributed by atoms with Gasteiger partial charge in [-0.05, 0) is 13.8 Å². The first-order chi connectivity index (χ1) is 11.9. The van der Waals surface area contributed by atoms with E-state index in [1.54, 1.807) is 5.38 Å². The molecule has 12 heteroatoms. The minimum atomic E-state index is -4.02. The van der Waals surface area contributed by atoms with Gasteiger partial charge in [0.05, 0.1) is 6.42 Å². The maximum Gasteiger partial charge on any atom is 0.328 e. The molecule has 0 bridgehead atoms. The van der Waals surface area contributed by atoms with Gasteiger partial charge in [0, 0.05) is 11.6 Å². The van der Waals surface area contributed by atoms with Crippen LogP contribution < -0.4 is 0 Å². The zero-order chi connectivity index (χ0) is 19.5. The van der Waals surface area contributed by atoms with E-state index in [2.05, 4.69) is 20.9 Å². The highest BCUT2D eigenvalue weighted by molar-refractivity contribution is 9.10. The van der Waals surface area contributed by atoms with Crippen molar-refractivity contribution in [2.45, 2.75) is 40.8 Å². The molecule has 0 aromatic carbocycles. The topological polar surface area (TPSA) is 131 Å². The molecular formula is C14H15BrN2O7S2. The molecule has 1 aromatic rings. The number of hydrogen-bond donors (Lipinski definition) is 1. The molecule has 9 nitrogen and oxygen atoms in total. The third-order valence-corrected chi connectivity index (χ3v) is 9.65. The lowest BCUT2D eigenvalue weighted by molar-refractivity contribution is -0.165.